The van der Waals surface area contributed by atoms with Gasteiger partial charge in [-0.2, -0.15) is 0 Å². The van der Waals surface area contributed by atoms with E-state index in [9.17, 15) is 0 Å². The van der Waals surface area contributed by atoms with E-state index in [0.717, 1.165) is 11.9 Å². The molecule has 2 nitrogen and oxygen atoms in total. The van der Waals surface area contributed by atoms with Crippen LogP contribution in [-0.2, 0) is 0 Å². The highest BCUT2D eigenvalue weighted by molar-refractivity contribution is 7.22. The molecule has 0 bridgehead atoms. The Kier molecular flexibility index (Phi) is 2.42. The topological polar surface area (TPSA) is 38.9 Å². The van der Waals surface area contributed by atoms with E-state index in [1.807, 2.05) is 0 Å². The highest BCUT2D eigenvalue weighted by Crippen LogP contribution is 2.27. The predicted octanol–water partition coefficient (Wildman–Crippen LogP) is 3.39. The summed E-state index contributed by atoms with van der Waals surface area (Å²) in [5, 5.41) is 0.654. The summed E-state index contributed by atoms with van der Waals surface area (Å²) < 4.78 is 1.18. The van der Waals surface area contributed by atoms with Gasteiger partial charge in [-0.3, -0.25) is 0 Å². The van der Waals surface area contributed by atoms with E-state index in [1.54, 1.807) is 11.3 Å². The standard InChI is InChI=1S/C11H14N2S/c1-3-7(2)8-4-5-10-9(6-8)13-11(12)14-10/h4-7H,3H2,1-2H3,(H2,12,13). The van der Waals surface area contributed by atoms with E-state index in [4.69, 9.17) is 5.73 Å². The Morgan fingerprint density at radius 3 is 3.00 bits per heavy atom. The molecule has 1 aromatic heterocycles. The van der Waals surface area contributed by atoms with Crippen molar-refractivity contribution >= 4 is 26.7 Å². The average Bonchev–Trinajstić information content (AvgIpc) is 2.55. The van der Waals surface area contributed by atoms with Gasteiger partial charge in [0, 0.05) is 0 Å². The first-order valence-corrected chi connectivity index (χ1v) is 5.68. The van der Waals surface area contributed by atoms with Crippen molar-refractivity contribution in [1.82, 2.24) is 4.98 Å². The van der Waals surface area contributed by atoms with Gasteiger partial charge in [0.2, 0.25) is 0 Å². The third-order valence-corrected chi connectivity index (χ3v) is 3.48. The van der Waals surface area contributed by atoms with Gasteiger partial charge in [0.15, 0.2) is 5.13 Å². The number of nitrogens with two attached hydrogens (primary N) is 1. The van der Waals surface area contributed by atoms with E-state index in [2.05, 4.69) is 37.0 Å². The van der Waals surface area contributed by atoms with Gasteiger partial charge in [-0.05, 0) is 30.0 Å². The summed E-state index contributed by atoms with van der Waals surface area (Å²) in [5.41, 5.74) is 8.04. The van der Waals surface area contributed by atoms with Crippen molar-refractivity contribution in [3.63, 3.8) is 0 Å². The second kappa shape index (κ2) is 3.58. The maximum atomic E-state index is 5.66. The molecule has 0 spiro atoms. The summed E-state index contributed by atoms with van der Waals surface area (Å²) in [6.45, 7) is 4.43. The van der Waals surface area contributed by atoms with Gasteiger partial charge in [-0.25, -0.2) is 4.98 Å². The molecule has 0 aliphatic rings. The van der Waals surface area contributed by atoms with Crippen molar-refractivity contribution in [2.75, 3.05) is 5.73 Å². The summed E-state index contributed by atoms with van der Waals surface area (Å²) in [6, 6.07) is 6.44. The van der Waals surface area contributed by atoms with Gasteiger partial charge in [-0.1, -0.05) is 31.3 Å². The van der Waals surface area contributed by atoms with Crippen LogP contribution in [0.5, 0.6) is 0 Å². The molecule has 3 heteroatoms. The fraction of sp³-hybridized carbons (Fsp3) is 0.364. The molecule has 0 radical (unpaired) electrons. The molecule has 2 N–H and O–H groups in total. The molecule has 0 saturated carbocycles. The van der Waals surface area contributed by atoms with Crippen molar-refractivity contribution in [3.05, 3.63) is 23.8 Å². The first kappa shape index (κ1) is 9.46. The van der Waals surface area contributed by atoms with Crippen LogP contribution in [-0.4, -0.2) is 4.98 Å². The maximum Gasteiger partial charge on any atom is 0.181 e. The molecular formula is C11H14N2S. The minimum absolute atomic E-state index is 0.599. The number of hydrogen-bond acceptors (Lipinski definition) is 3. The number of hydrogen-bond donors (Lipinski definition) is 1. The zero-order valence-electron chi connectivity index (χ0n) is 8.45. The van der Waals surface area contributed by atoms with E-state index in [0.29, 0.717) is 11.0 Å². The molecule has 14 heavy (non-hydrogen) atoms. The molecule has 0 fully saturated rings. The van der Waals surface area contributed by atoms with Crippen LogP contribution in [0.3, 0.4) is 0 Å². The van der Waals surface area contributed by atoms with Gasteiger partial charge in [0.05, 0.1) is 10.2 Å². The summed E-state index contributed by atoms with van der Waals surface area (Å²) >= 11 is 1.55. The molecule has 1 atom stereocenters. The Balaban J connectivity index is 2.50. The molecule has 1 aromatic carbocycles. The quantitative estimate of drug-likeness (QED) is 0.818. The van der Waals surface area contributed by atoms with E-state index in [-0.39, 0.29) is 0 Å². The number of fused-ring (bicyclic) bond motifs is 1. The largest absolute Gasteiger partial charge is 0.375 e. The molecule has 1 heterocycles. The Hall–Kier alpha value is -1.09. The second-order valence-corrected chi connectivity index (χ2v) is 4.65. The zero-order chi connectivity index (χ0) is 10.1. The highest BCUT2D eigenvalue weighted by atomic mass is 32.1. The summed E-state index contributed by atoms with van der Waals surface area (Å²) in [4.78, 5) is 4.29. The van der Waals surface area contributed by atoms with Crippen molar-refractivity contribution in [1.29, 1.82) is 0 Å². The van der Waals surface area contributed by atoms with Gasteiger partial charge in [0.25, 0.3) is 0 Å². The molecule has 74 valence electrons. The second-order valence-electron chi connectivity index (χ2n) is 3.59. The summed E-state index contributed by atoms with van der Waals surface area (Å²) in [5.74, 6) is 0.599. The predicted molar refractivity (Wildman–Crippen MR) is 62.7 cm³/mol. The molecule has 0 aliphatic carbocycles. The van der Waals surface area contributed by atoms with E-state index in [1.165, 1.54) is 10.3 Å². The lowest BCUT2D eigenvalue weighted by atomic mass is 9.99. The zero-order valence-corrected chi connectivity index (χ0v) is 9.27. The first-order valence-electron chi connectivity index (χ1n) is 4.86. The van der Waals surface area contributed by atoms with Crippen LogP contribution in [0.1, 0.15) is 31.7 Å². The summed E-state index contributed by atoms with van der Waals surface area (Å²) in [7, 11) is 0. The lowest BCUT2D eigenvalue weighted by Gasteiger charge is -2.07. The van der Waals surface area contributed by atoms with Crippen molar-refractivity contribution < 1.29 is 0 Å². The third kappa shape index (κ3) is 1.60. The van der Waals surface area contributed by atoms with Crippen LogP contribution in [0.2, 0.25) is 0 Å². The van der Waals surface area contributed by atoms with E-state index < -0.39 is 0 Å². The Labute approximate surface area is 87.8 Å². The third-order valence-electron chi connectivity index (χ3n) is 2.61. The number of anilines is 1. The fourth-order valence-electron chi connectivity index (χ4n) is 1.50. The molecular weight excluding hydrogens is 192 g/mol. The lowest BCUT2D eigenvalue weighted by Crippen LogP contribution is -1.90. The molecule has 0 saturated heterocycles. The molecule has 0 amide bonds. The molecule has 2 aromatic rings. The monoisotopic (exact) mass is 206 g/mol. The number of aromatic nitrogens is 1. The van der Waals surface area contributed by atoms with Gasteiger partial charge < -0.3 is 5.73 Å². The minimum atomic E-state index is 0.599. The van der Waals surface area contributed by atoms with Crippen molar-refractivity contribution in [2.24, 2.45) is 0 Å². The maximum absolute atomic E-state index is 5.66. The van der Waals surface area contributed by atoms with Gasteiger partial charge in [0.1, 0.15) is 0 Å². The summed E-state index contributed by atoms with van der Waals surface area (Å²) in [6.07, 6.45) is 1.16. The molecule has 0 aliphatic heterocycles. The van der Waals surface area contributed by atoms with Gasteiger partial charge in [-0.15, -0.1) is 0 Å². The number of benzene rings is 1. The van der Waals surface area contributed by atoms with E-state index >= 15 is 0 Å². The van der Waals surface area contributed by atoms with Crippen LogP contribution in [0, 0.1) is 0 Å². The number of rotatable bonds is 2. The number of nitrogens with zero attached hydrogens (tertiary/aromatic N) is 1. The lowest BCUT2D eigenvalue weighted by molar-refractivity contribution is 0.734. The number of nitrogen functional groups attached to an aromatic ring is 1. The molecule has 2 rings (SSSR count). The van der Waals surface area contributed by atoms with Gasteiger partial charge >= 0.3 is 0 Å². The average molecular weight is 206 g/mol. The fourth-order valence-corrected chi connectivity index (χ4v) is 2.22. The minimum Gasteiger partial charge on any atom is -0.375 e. The van der Waals surface area contributed by atoms with Crippen LogP contribution in [0.4, 0.5) is 5.13 Å². The molecule has 1 unspecified atom stereocenters. The smallest absolute Gasteiger partial charge is 0.181 e. The van der Waals surface area contributed by atoms with Crippen molar-refractivity contribution in [3.8, 4) is 0 Å². The van der Waals surface area contributed by atoms with Crippen molar-refractivity contribution in [2.45, 2.75) is 26.2 Å². The SMILES string of the molecule is CCC(C)c1ccc2sc(N)nc2c1. The number of thiazole rings is 1. The van der Waals surface area contributed by atoms with Crippen LogP contribution >= 0.6 is 11.3 Å². The van der Waals surface area contributed by atoms with Crippen LogP contribution < -0.4 is 5.73 Å². The first-order chi connectivity index (χ1) is 6.70. The van der Waals surface area contributed by atoms with Crippen LogP contribution in [0.15, 0.2) is 18.2 Å². The highest BCUT2D eigenvalue weighted by Gasteiger charge is 2.06. The van der Waals surface area contributed by atoms with Crippen LogP contribution in [0.25, 0.3) is 10.2 Å². The normalized spacial score (nSPS) is 13.3. The Morgan fingerprint density at radius 1 is 1.50 bits per heavy atom. The Morgan fingerprint density at radius 2 is 2.29 bits per heavy atom. The Bertz CT molecular complexity index is 447.